The van der Waals surface area contributed by atoms with Gasteiger partial charge in [-0.3, -0.25) is 0 Å². The quantitative estimate of drug-likeness (QED) is 0.749. The molecule has 0 saturated heterocycles. The maximum Gasteiger partial charge on any atom is 0.159 e. The number of benzene rings is 2. The van der Waals surface area contributed by atoms with Crippen molar-refractivity contribution in [1.82, 2.24) is 5.32 Å². The van der Waals surface area contributed by atoms with Crippen molar-refractivity contribution in [3.8, 4) is 0 Å². The zero-order chi connectivity index (χ0) is 14.9. The van der Waals surface area contributed by atoms with Gasteiger partial charge in [0.15, 0.2) is 11.6 Å². The molecule has 0 saturated carbocycles. The summed E-state index contributed by atoms with van der Waals surface area (Å²) < 4.78 is 31.2. The Balaban J connectivity index is 1.55. The maximum absolute atomic E-state index is 13.0. The topological polar surface area (TPSA) is 21.3 Å². The molecule has 4 heteroatoms. The molecule has 2 nitrogen and oxygen atoms in total. The second-order valence-electron chi connectivity index (χ2n) is 4.82. The number of nitrogens with one attached hydrogen (secondary N) is 1. The third kappa shape index (κ3) is 5.61. The Kier molecular flexibility index (Phi) is 6.31. The molecular weight excluding hydrogens is 272 g/mol. The van der Waals surface area contributed by atoms with Crippen LogP contribution in [0.3, 0.4) is 0 Å². The first-order chi connectivity index (χ1) is 10.3. The first kappa shape index (κ1) is 15.6. The summed E-state index contributed by atoms with van der Waals surface area (Å²) in [5.74, 6) is -1.66. The Morgan fingerprint density at radius 2 is 1.71 bits per heavy atom. The van der Waals surface area contributed by atoms with Crippen LogP contribution >= 0.6 is 0 Å². The highest BCUT2D eigenvalue weighted by molar-refractivity contribution is 5.17. The number of halogens is 2. The van der Waals surface area contributed by atoms with E-state index in [2.05, 4.69) is 17.4 Å². The highest BCUT2D eigenvalue weighted by atomic mass is 19.2. The summed E-state index contributed by atoms with van der Waals surface area (Å²) in [6, 6.07) is 14.0. The van der Waals surface area contributed by atoms with Crippen LogP contribution < -0.4 is 5.32 Å². The molecule has 0 aromatic heterocycles. The highest BCUT2D eigenvalue weighted by Crippen LogP contribution is 2.09. The number of hydrogen-bond acceptors (Lipinski definition) is 2. The van der Waals surface area contributed by atoms with Crippen LogP contribution in [-0.2, 0) is 17.9 Å². The number of rotatable bonds is 8. The lowest BCUT2D eigenvalue weighted by Crippen LogP contribution is -2.16. The van der Waals surface area contributed by atoms with Gasteiger partial charge < -0.3 is 10.1 Å². The monoisotopic (exact) mass is 291 g/mol. The molecule has 0 aliphatic rings. The normalized spacial score (nSPS) is 10.8. The summed E-state index contributed by atoms with van der Waals surface area (Å²) in [6.07, 6.45) is 0.872. The van der Waals surface area contributed by atoms with Gasteiger partial charge in [-0.25, -0.2) is 8.78 Å². The van der Waals surface area contributed by atoms with Crippen LogP contribution in [0.15, 0.2) is 48.5 Å². The van der Waals surface area contributed by atoms with E-state index in [0.717, 1.165) is 25.6 Å². The van der Waals surface area contributed by atoms with E-state index in [1.165, 1.54) is 17.7 Å². The van der Waals surface area contributed by atoms with E-state index in [4.69, 9.17) is 4.74 Å². The lowest BCUT2D eigenvalue weighted by Gasteiger charge is -2.06. The van der Waals surface area contributed by atoms with E-state index < -0.39 is 11.6 Å². The molecule has 21 heavy (non-hydrogen) atoms. The van der Waals surface area contributed by atoms with Gasteiger partial charge in [-0.1, -0.05) is 36.4 Å². The Bertz CT molecular complexity index is 546. The molecule has 0 fully saturated rings. The minimum absolute atomic E-state index is 0.301. The van der Waals surface area contributed by atoms with Crippen molar-refractivity contribution in [2.75, 3.05) is 13.2 Å². The van der Waals surface area contributed by atoms with Crippen LogP contribution in [0.4, 0.5) is 8.78 Å². The fourth-order valence-electron chi connectivity index (χ4n) is 1.95. The largest absolute Gasteiger partial charge is 0.377 e. The van der Waals surface area contributed by atoms with E-state index in [-0.39, 0.29) is 0 Å². The van der Waals surface area contributed by atoms with Crippen molar-refractivity contribution >= 4 is 0 Å². The van der Waals surface area contributed by atoms with E-state index >= 15 is 0 Å². The third-order valence-electron chi connectivity index (χ3n) is 3.07. The molecule has 0 heterocycles. The van der Waals surface area contributed by atoms with E-state index in [1.807, 2.05) is 18.2 Å². The average Bonchev–Trinajstić information content (AvgIpc) is 2.51. The molecule has 1 N–H and O–H groups in total. The SMILES string of the molecule is Fc1ccc(COCCCNCc2ccccc2)cc1F. The molecule has 0 spiro atoms. The summed E-state index contributed by atoms with van der Waals surface area (Å²) in [5.41, 5.74) is 1.89. The van der Waals surface area contributed by atoms with Gasteiger partial charge in [0.2, 0.25) is 0 Å². The highest BCUT2D eigenvalue weighted by Gasteiger charge is 2.02. The van der Waals surface area contributed by atoms with Gasteiger partial charge in [-0.15, -0.1) is 0 Å². The molecule has 2 aromatic rings. The van der Waals surface area contributed by atoms with Crippen molar-refractivity contribution in [2.45, 2.75) is 19.6 Å². The lowest BCUT2D eigenvalue weighted by molar-refractivity contribution is 0.118. The van der Waals surface area contributed by atoms with Crippen molar-refractivity contribution in [2.24, 2.45) is 0 Å². The molecular formula is C17H19F2NO. The molecule has 0 radical (unpaired) electrons. The van der Waals surface area contributed by atoms with Crippen molar-refractivity contribution in [3.63, 3.8) is 0 Å². The predicted octanol–water partition coefficient (Wildman–Crippen LogP) is 3.66. The molecule has 2 rings (SSSR count). The minimum atomic E-state index is -0.833. The molecule has 0 aliphatic carbocycles. The van der Waals surface area contributed by atoms with Gasteiger partial charge in [0.25, 0.3) is 0 Å². The smallest absolute Gasteiger partial charge is 0.159 e. The van der Waals surface area contributed by atoms with Crippen LogP contribution in [0, 0.1) is 11.6 Å². The molecule has 0 unspecified atom stereocenters. The van der Waals surface area contributed by atoms with Crippen molar-refractivity contribution in [1.29, 1.82) is 0 Å². The number of ether oxygens (including phenoxy) is 1. The second-order valence-corrected chi connectivity index (χ2v) is 4.82. The first-order valence-corrected chi connectivity index (χ1v) is 7.02. The number of hydrogen-bond donors (Lipinski definition) is 1. The third-order valence-corrected chi connectivity index (χ3v) is 3.07. The zero-order valence-electron chi connectivity index (χ0n) is 11.8. The van der Waals surface area contributed by atoms with Crippen LogP contribution in [-0.4, -0.2) is 13.2 Å². The Labute approximate surface area is 123 Å². The summed E-state index contributed by atoms with van der Waals surface area (Å²) in [5, 5.41) is 3.33. The lowest BCUT2D eigenvalue weighted by atomic mass is 10.2. The fraction of sp³-hybridized carbons (Fsp3) is 0.294. The van der Waals surface area contributed by atoms with E-state index in [1.54, 1.807) is 0 Å². The van der Waals surface area contributed by atoms with Crippen molar-refractivity contribution in [3.05, 3.63) is 71.3 Å². The Morgan fingerprint density at radius 3 is 2.48 bits per heavy atom. The Morgan fingerprint density at radius 1 is 0.905 bits per heavy atom. The van der Waals surface area contributed by atoms with Crippen molar-refractivity contribution < 1.29 is 13.5 Å². The summed E-state index contributed by atoms with van der Waals surface area (Å²) in [6.45, 7) is 2.58. The predicted molar refractivity (Wildman–Crippen MR) is 78.8 cm³/mol. The molecule has 0 atom stereocenters. The molecule has 112 valence electrons. The van der Waals surface area contributed by atoms with Crippen LogP contribution in [0.1, 0.15) is 17.5 Å². The summed E-state index contributed by atoms with van der Waals surface area (Å²) >= 11 is 0. The molecule has 2 aromatic carbocycles. The average molecular weight is 291 g/mol. The second kappa shape index (κ2) is 8.49. The summed E-state index contributed by atoms with van der Waals surface area (Å²) in [7, 11) is 0. The van der Waals surface area contributed by atoms with Crippen LogP contribution in [0.25, 0.3) is 0 Å². The zero-order valence-corrected chi connectivity index (χ0v) is 11.8. The minimum Gasteiger partial charge on any atom is -0.377 e. The van der Waals surface area contributed by atoms with Gasteiger partial charge in [0, 0.05) is 13.2 Å². The van der Waals surface area contributed by atoms with Gasteiger partial charge >= 0.3 is 0 Å². The summed E-state index contributed by atoms with van der Waals surface area (Å²) in [4.78, 5) is 0. The molecule has 0 amide bonds. The molecule has 0 aliphatic heterocycles. The standard InChI is InChI=1S/C17H19F2NO/c18-16-8-7-15(11-17(16)19)13-21-10-4-9-20-12-14-5-2-1-3-6-14/h1-3,5-8,11,20H,4,9-10,12-13H2. The Hall–Kier alpha value is -1.78. The van der Waals surface area contributed by atoms with Gasteiger partial charge in [-0.05, 0) is 36.2 Å². The first-order valence-electron chi connectivity index (χ1n) is 7.02. The van der Waals surface area contributed by atoms with Crippen LogP contribution in [0.2, 0.25) is 0 Å². The van der Waals surface area contributed by atoms with Gasteiger partial charge in [-0.2, -0.15) is 0 Å². The van der Waals surface area contributed by atoms with Gasteiger partial charge in [0.1, 0.15) is 0 Å². The fourth-order valence-corrected chi connectivity index (χ4v) is 1.95. The van der Waals surface area contributed by atoms with Gasteiger partial charge in [0.05, 0.1) is 6.61 Å². The maximum atomic E-state index is 13.0. The van der Waals surface area contributed by atoms with E-state index in [9.17, 15) is 8.78 Å². The van der Waals surface area contributed by atoms with E-state index in [0.29, 0.717) is 18.8 Å². The van der Waals surface area contributed by atoms with Crippen LogP contribution in [0.5, 0.6) is 0 Å². The molecule has 0 bridgehead atoms.